The molecular formula is C22H16Cl2N2OS. The Morgan fingerprint density at radius 1 is 1.04 bits per heavy atom. The Labute approximate surface area is 177 Å². The van der Waals surface area contributed by atoms with E-state index < -0.39 is 0 Å². The van der Waals surface area contributed by atoms with Crippen molar-refractivity contribution in [1.29, 1.82) is 0 Å². The first-order valence-electron chi connectivity index (χ1n) is 8.80. The van der Waals surface area contributed by atoms with E-state index in [4.69, 9.17) is 28.2 Å². The predicted octanol–water partition coefficient (Wildman–Crippen LogP) is 6.70. The van der Waals surface area contributed by atoms with Crippen molar-refractivity contribution in [2.24, 2.45) is 0 Å². The molecule has 0 radical (unpaired) electrons. The van der Waals surface area contributed by atoms with Crippen LogP contribution in [0, 0.1) is 0 Å². The quantitative estimate of drug-likeness (QED) is 0.332. The van der Waals surface area contributed by atoms with Crippen LogP contribution < -0.4 is 0 Å². The number of carbonyl (C=O) groups is 1. The van der Waals surface area contributed by atoms with Crippen LogP contribution in [0.4, 0.5) is 0 Å². The molecule has 6 heteroatoms. The van der Waals surface area contributed by atoms with Crippen LogP contribution in [0.2, 0.25) is 10.0 Å². The number of hydrogen-bond donors (Lipinski definition) is 0. The van der Waals surface area contributed by atoms with Gasteiger partial charge in [0.15, 0.2) is 0 Å². The molecule has 0 bridgehead atoms. The maximum absolute atomic E-state index is 13.1. The first-order chi connectivity index (χ1) is 13.6. The molecule has 0 saturated heterocycles. The second-order valence-corrected chi connectivity index (χ2v) is 7.97. The molecule has 0 aliphatic heterocycles. The van der Waals surface area contributed by atoms with Gasteiger partial charge in [0, 0.05) is 16.3 Å². The number of benzene rings is 2. The van der Waals surface area contributed by atoms with Gasteiger partial charge in [-0.25, -0.2) is 4.98 Å². The average molecular weight is 427 g/mol. The highest BCUT2D eigenvalue weighted by atomic mass is 35.5. The smallest absolute Gasteiger partial charge is 0.223 e. The zero-order valence-electron chi connectivity index (χ0n) is 15.0. The van der Waals surface area contributed by atoms with Crippen LogP contribution in [0.15, 0.2) is 66.0 Å². The number of thiophene rings is 1. The molecule has 0 aliphatic carbocycles. The van der Waals surface area contributed by atoms with Crippen molar-refractivity contribution in [3.05, 3.63) is 92.4 Å². The molecule has 2 heterocycles. The first kappa shape index (κ1) is 18.9. The second kappa shape index (κ2) is 7.92. The Bertz CT molecular complexity index is 1130. The Balaban J connectivity index is 2.00. The Morgan fingerprint density at radius 3 is 2.43 bits per heavy atom. The van der Waals surface area contributed by atoms with E-state index >= 15 is 0 Å². The number of hydrogen-bond acceptors (Lipinski definition) is 3. The number of halogens is 2. The van der Waals surface area contributed by atoms with Crippen LogP contribution in [0.5, 0.6) is 0 Å². The van der Waals surface area contributed by atoms with Crippen LogP contribution in [-0.4, -0.2) is 15.3 Å². The summed E-state index contributed by atoms with van der Waals surface area (Å²) in [5.74, 6) is 0.567. The molecule has 4 rings (SSSR count). The van der Waals surface area contributed by atoms with Gasteiger partial charge in [-0.2, -0.15) is 0 Å². The molecule has 2 aromatic heterocycles. The van der Waals surface area contributed by atoms with E-state index in [-0.39, 0.29) is 5.78 Å². The van der Waals surface area contributed by atoms with Gasteiger partial charge in [-0.15, -0.1) is 11.3 Å². The van der Waals surface area contributed by atoms with Crippen LogP contribution in [0.1, 0.15) is 28.0 Å². The number of aromatic nitrogens is 2. The van der Waals surface area contributed by atoms with Crippen LogP contribution in [0.25, 0.3) is 17.1 Å². The van der Waals surface area contributed by atoms with E-state index in [9.17, 15) is 4.79 Å². The standard InChI is InChI=1S/C22H16Cl2N2OS/c1-2-18-20(21(27)19-8-5-13-28-19)25-22(16-6-3-4-7-17(16)24)26(18)15-11-9-14(23)10-12-15/h3-13H,2H2,1H3. The fourth-order valence-corrected chi connectivity index (χ4v) is 4.19. The molecule has 0 spiro atoms. The summed E-state index contributed by atoms with van der Waals surface area (Å²) in [7, 11) is 0. The fraction of sp³-hybridized carbons (Fsp3) is 0.0909. The van der Waals surface area contributed by atoms with Gasteiger partial charge < -0.3 is 0 Å². The minimum atomic E-state index is -0.0760. The summed E-state index contributed by atoms with van der Waals surface area (Å²) in [5.41, 5.74) is 2.96. The van der Waals surface area contributed by atoms with Gasteiger partial charge in [-0.05, 0) is 54.3 Å². The van der Waals surface area contributed by atoms with Gasteiger partial charge in [0.05, 0.1) is 15.6 Å². The molecule has 0 aliphatic rings. The average Bonchev–Trinajstić information content (AvgIpc) is 3.36. The van der Waals surface area contributed by atoms with Crippen molar-refractivity contribution in [3.63, 3.8) is 0 Å². The zero-order valence-corrected chi connectivity index (χ0v) is 17.4. The summed E-state index contributed by atoms with van der Waals surface area (Å²) in [5, 5.41) is 3.13. The van der Waals surface area contributed by atoms with E-state index in [2.05, 4.69) is 0 Å². The molecule has 0 amide bonds. The van der Waals surface area contributed by atoms with Gasteiger partial charge in [0.1, 0.15) is 11.5 Å². The van der Waals surface area contributed by atoms with Crippen molar-refractivity contribution in [1.82, 2.24) is 9.55 Å². The van der Waals surface area contributed by atoms with Gasteiger partial charge >= 0.3 is 0 Å². The molecule has 0 atom stereocenters. The van der Waals surface area contributed by atoms with Crippen LogP contribution in [0.3, 0.4) is 0 Å². The van der Waals surface area contributed by atoms with E-state index in [0.29, 0.717) is 32.9 Å². The number of ketones is 1. The van der Waals surface area contributed by atoms with Crippen molar-refractivity contribution < 1.29 is 4.79 Å². The summed E-state index contributed by atoms with van der Waals surface area (Å²) in [6, 6.07) is 18.7. The summed E-state index contributed by atoms with van der Waals surface area (Å²) >= 11 is 14.0. The SMILES string of the molecule is CCc1c(C(=O)c2cccs2)nc(-c2ccccc2Cl)n1-c1ccc(Cl)cc1. The van der Waals surface area contributed by atoms with E-state index in [1.807, 2.05) is 77.5 Å². The largest absolute Gasteiger partial charge is 0.296 e. The number of nitrogens with zero attached hydrogens (tertiary/aromatic N) is 2. The van der Waals surface area contributed by atoms with Gasteiger partial charge in [-0.3, -0.25) is 9.36 Å². The van der Waals surface area contributed by atoms with Crippen molar-refractivity contribution >= 4 is 40.3 Å². The fourth-order valence-electron chi connectivity index (χ4n) is 3.18. The number of imidazole rings is 1. The monoisotopic (exact) mass is 426 g/mol. The van der Waals surface area contributed by atoms with E-state index in [1.54, 1.807) is 0 Å². The summed E-state index contributed by atoms with van der Waals surface area (Å²) in [6.07, 6.45) is 0.645. The molecule has 28 heavy (non-hydrogen) atoms. The maximum atomic E-state index is 13.1. The molecular weight excluding hydrogens is 411 g/mol. The molecule has 0 N–H and O–H groups in total. The Kier molecular flexibility index (Phi) is 5.36. The van der Waals surface area contributed by atoms with Gasteiger partial charge in [0.25, 0.3) is 0 Å². The molecule has 4 aromatic rings. The van der Waals surface area contributed by atoms with Crippen LogP contribution in [-0.2, 0) is 6.42 Å². The van der Waals surface area contributed by atoms with Gasteiger partial charge in [-0.1, -0.05) is 48.3 Å². The molecule has 3 nitrogen and oxygen atoms in total. The Morgan fingerprint density at radius 2 is 1.79 bits per heavy atom. The normalized spacial score (nSPS) is 11.0. The lowest BCUT2D eigenvalue weighted by Crippen LogP contribution is -2.06. The second-order valence-electron chi connectivity index (χ2n) is 6.18. The molecule has 0 unspecified atom stereocenters. The first-order valence-corrected chi connectivity index (χ1v) is 10.4. The van der Waals surface area contributed by atoms with E-state index in [1.165, 1.54) is 11.3 Å². The molecule has 140 valence electrons. The lowest BCUT2D eigenvalue weighted by atomic mass is 10.1. The van der Waals surface area contributed by atoms with Crippen molar-refractivity contribution in [2.45, 2.75) is 13.3 Å². The third-order valence-corrected chi connectivity index (χ3v) is 5.92. The minimum Gasteiger partial charge on any atom is -0.296 e. The highest BCUT2D eigenvalue weighted by Gasteiger charge is 2.25. The molecule has 0 fully saturated rings. The van der Waals surface area contributed by atoms with Gasteiger partial charge in [0.2, 0.25) is 5.78 Å². The number of carbonyl (C=O) groups excluding carboxylic acids is 1. The minimum absolute atomic E-state index is 0.0760. The predicted molar refractivity (Wildman–Crippen MR) is 116 cm³/mol. The molecule has 2 aromatic carbocycles. The highest BCUT2D eigenvalue weighted by molar-refractivity contribution is 7.12. The van der Waals surface area contributed by atoms with Crippen molar-refractivity contribution in [3.8, 4) is 17.1 Å². The number of rotatable bonds is 5. The Hall–Kier alpha value is -2.40. The summed E-state index contributed by atoms with van der Waals surface area (Å²) < 4.78 is 2.00. The zero-order chi connectivity index (χ0) is 19.7. The topological polar surface area (TPSA) is 34.9 Å². The molecule has 0 saturated carbocycles. The lowest BCUT2D eigenvalue weighted by molar-refractivity contribution is 0.103. The van der Waals surface area contributed by atoms with E-state index in [0.717, 1.165) is 16.9 Å². The third kappa shape index (κ3) is 3.39. The van der Waals surface area contributed by atoms with Crippen molar-refractivity contribution in [2.75, 3.05) is 0 Å². The third-order valence-electron chi connectivity index (χ3n) is 4.47. The maximum Gasteiger partial charge on any atom is 0.223 e. The summed E-state index contributed by atoms with van der Waals surface area (Å²) in [6.45, 7) is 2.02. The van der Waals surface area contributed by atoms with Crippen LogP contribution >= 0.6 is 34.5 Å². The lowest BCUT2D eigenvalue weighted by Gasteiger charge is -2.12. The highest BCUT2D eigenvalue weighted by Crippen LogP contribution is 2.33. The summed E-state index contributed by atoms with van der Waals surface area (Å²) in [4.78, 5) is 18.6.